The predicted octanol–water partition coefficient (Wildman–Crippen LogP) is 4.48. The molecular formula is C25H25N3O3S. The lowest BCUT2D eigenvalue weighted by Gasteiger charge is -2.20. The molecular weight excluding hydrogens is 422 g/mol. The molecule has 0 atom stereocenters. The van der Waals surface area contributed by atoms with Crippen LogP contribution in [0.4, 0.5) is 5.69 Å². The van der Waals surface area contributed by atoms with Crippen LogP contribution in [0.2, 0.25) is 0 Å². The zero-order valence-electron chi connectivity index (χ0n) is 18.0. The van der Waals surface area contributed by atoms with E-state index in [1.807, 2.05) is 37.3 Å². The lowest BCUT2D eigenvalue weighted by atomic mass is 10.1. The number of carbonyl (C=O) groups excluding carboxylic acids is 2. The minimum atomic E-state index is -0.392. The Morgan fingerprint density at radius 2 is 1.53 bits per heavy atom. The van der Waals surface area contributed by atoms with Gasteiger partial charge in [0.2, 0.25) is 0 Å². The highest BCUT2D eigenvalue weighted by atomic mass is 32.1. The maximum absolute atomic E-state index is 13.1. The van der Waals surface area contributed by atoms with Gasteiger partial charge in [-0.25, -0.2) is 0 Å². The van der Waals surface area contributed by atoms with Gasteiger partial charge < -0.3 is 15.0 Å². The number of thiocarbonyl (C=S) groups is 1. The first kappa shape index (κ1) is 23.0. The van der Waals surface area contributed by atoms with E-state index in [1.54, 1.807) is 60.5 Å². The summed E-state index contributed by atoms with van der Waals surface area (Å²) in [5.74, 6) is -0.0715. The van der Waals surface area contributed by atoms with Gasteiger partial charge in [-0.3, -0.25) is 14.9 Å². The number of rotatable bonds is 7. The Balaban J connectivity index is 1.70. The van der Waals surface area contributed by atoms with Crippen molar-refractivity contribution in [1.29, 1.82) is 0 Å². The summed E-state index contributed by atoms with van der Waals surface area (Å²) < 4.78 is 5.51. The zero-order valence-corrected chi connectivity index (χ0v) is 18.8. The molecule has 0 aliphatic carbocycles. The number of hydrogen-bond acceptors (Lipinski definition) is 4. The first-order valence-corrected chi connectivity index (χ1v) is 10.6. The smallest absolute Gasteiger partial charge is 0.261 e. The van der Waals surface area contributed by atoms with Crippen molar-refractivity contribution in [2.45, 2.75) is 13.5 Å². The van der Waals surface area contributed by atoms with Gasteiger partial charge in [0.1, 0.15) is 5.75 Å². The van der Waals surface area contributed by atoms with Gasteiger partial charge in [0.15, 0.2) is 5.11 Å². The quantitative estimate of drug-likeness (QED) is 0.523. The van der Waals surface area contributed by atoms with Crippen molar-refractivity contribution in [3.05, 3.63) is 95.6 Å². The second-order valence-electron chi connectivity index (χ2n) is 7.03. The maximum atomic E-state index is 13.1. The van der Waals surface area contributed by atoms with Crippen molar-refractivity contribution in [2.75, 3.05) is 19.0 Å². The Bertz CT molecular complexity index is 1100. The average Bonchev–Trinajstić information content (AvgIpc) is 2.80. The summed E-state index contributed by atoms with van der Waals surface area (Å²) in [5.41, 5.74) is 2.38. The molecule has 0 spiro atoms. The van der Waals surface area contributed by atoms with E-state index >= 15 is 0 Å². The summed E-state index contributed by atoms with van der Waals surface area (Å²) in [6.45, 7) is 2.77. The Labute approximate surface area is 193 Å². The number of ether oxygens (including phenoxy) is 1. The van der Waals surface area contributed by atoms with E-state index in [1.165, 1.54) is 0 Å². The van der Waals surface area contributed by atoms with Crippen LogP contribution in [-0.4, -0.2) is 35.5 Å². The second-order valence-corrected chi connectivity index (χ2v) is 7.44. The Morgan fingerprint density at radius 3 is 2.25 bits per heavy atom. The van der Waals surface area contributed by atoms with Crippen molar-refractivity contribution in [2.24, 2.45) is 0 Å². The molecule has 3 rings (SSSR count). The molecule has 0 heterocycles. The van der Waals surface area contributed by atoms with Gasteiger partial charge in [-0.15, -0.1) is 0 Å². The molecule has 7 heteroatoms. The molecule has 0 fully saturated rings. The lowest BCUT2D eigenvalue weighted by Crippen LogP contribution is -2.35. The van der Waals surface area contributed by atoms with Crippen LogP contribution in [0.15, 0.2) is 78.9 Å². The summed E-state index contributed by atoms with van der Waals surface area (Å²) >= 11 is 5.33. The third kappa shape index (κ3) is 5.92. The molecule has 0 bridgehead atoms. The van der Waals surface area contributed by atoms with Crippen molar-refractivity contribution < 1.29 is 14.3 Å². The first-order valence-electron chi connectivity index (χ1n) is 10.2. The molecule has 2 amide bonds. The number of hydrogen-bond donors (Lipinski definition) is 2. The van der Waals surface area contributed by atoms with Crippen LogP contribution in [0.5, 0.6) is 5.75 Å². The van der Waals surface area contributed by atoms with Gasteiger partial charge in [0, 0.05) is 13.6 Å². The Hall–Kier alpha value is -3.71. The molecule has 3 aromatic rings. The van der Waals surface area contributed by atoms with Gasteiger partial charge in [0.05, 0.1) is 23.4 Å². The third-order valence-corrected chi connectivity index (χ3v) is 4.88. The molecule has 0 aliphatic heterocycles. The van der Waals surface area contributed by atoms with Crippen molar-refractivity contribution in [1.82, 2.24) is 10.2 Å². The number of amides is 2. The molecule has 0 saturated carbocycles. The summed E-state index contributed by atoms with van der Waals surface area (Å²) in [5, 5.41) is 5.72. The maximum Gasteiger partial charge on any atom is 0.261 e. The highest BCUT2D eigenvalue weighted by Crippen LogP contribution is 2.20. The van der Waals surface area contributed by atoms with Crippen molar-refractivity contribution >= 4 is 34.8 Å². The molecule has 6 nitrogen and oxygen atoms in total. The summed E-state index contributed by atoms with van der Waals surface area (Å²) in [6.07, 6.45) is 0. The molecule has 164 valence electrons. The molecule has 2 N–H and O–H groups in total. The fourth-order valence-corrected chi connectivity index (χ4v) is 3.38. The minimum Gasteiger partial charge on any atom is -0.493 e. The van der Waals surface area contributed by atoms with E-state index in [0.717, 1.165) is 5.56 Å². The topological polar surface area (TPSA) is 70.7 Å². The van der Waals surface area contributed by atoms with Crippen LogP contribution < -0.4 is 15.4 Å². The molecule has 0 unspecified atom stereocenters. The zero-order chi connectivity index (χ0) is 22.9. The van der Waals surface area contributed by atoms with Crippen LogP contribution in [0, 0.1) is 0 Å². The molecule has 0 radical (unpaired) electrons. The largest absolute Gasteiger partial charge is 0.493 e. The van der Waals surface area contributed by atoms with E-state index in [-0.39, 0.29) is 11.0 Å². The fourth-order valence-electron chi connectivity index (χ4n) is 3.17. The van der Waals surface area contributed by atoms with E-state index in [0.29, 0.717) is 35.7 Å². The summed E-state index contributed by atoms with van der Waals surface area (Å²) in [6, 6.07) is 23.8. The minimum absolute atomic E-state index is 0.0901. The van der Waals surface area contributed by atoms with Crippen molar-refractivity contribution in [3.63, 3.8) is 0 Å². The normalized spacial score (nSPS) is 10.2. The number of anilines is 1. The lowest BCUT2D eigenvalue weighted by molar-refractivity contribution is 0.0786. The Kier molecular flexibility index (Phi) is 7.94. The predicted molar refractivity (Wildman–Crippen MR) is 130 cm³/mol. The Morgan fingerprint density at radius 1 is 0.906 bits per heavy atom. The number of para-hydroxylation sites is 2. The van der Waals surface area contributed by atoms with Crippen LogP contribution >= 0.6 is 12.2 Å². The first-order chi connectivity index (χ1) is 15.5. The molecule has 3 aromatic carbocycles. The van der Waals surface area contributed by atoms with E-state index in [4.69, 9.17) is 17.0 Å². The van der Waals surface area contributed by atoms with Crippen LogP contribution in [-0.2, 0) is 6.54 Å². The van der Waals surface area contributed by atoms with Gasteiger partial charge >= 0.3 is 0 Å². The van der Waals surface area contributed by atoms with Gasteiger partial charge in [-0.1, -0.05) is 54.6 Å². The van der Waals surface area contributed by atoms with Gasteiger partial charge in [-0.2, -0.15) is 0 Å². The van der Waals surface area contributed by atoms with Gasteiger partial charge in [0.25, 0.3) is 11.8 Å². The highest BCUT2D eigenvalue weighted by Gasteiger charge is 2.18. The SMILES string of the molecule is CCOc1ccccc1C(=O)NC(=S)Nc1ccccc1C(=O)N(C)Cc1ccccc1. The molecule has 0 aliphatic rings. The fraction of sp³-hybridized carbons (Fsp3) is 0.160. The number of benzene rings is 3. The highest BCUT2D eigenvalue weighted by molar-refractivity contribution is 7.80. The molecule has 0 aromatic heterocycles. The monoisotopic (exact) mass is 447 g/mol. The van der Waals surface area contributed by atoms with Crippen molar-refractivity contribution in [3.8, 4) is 5.75 Å². The molecule has 32 heavy (non-hydrogen) atoms. The van der Waals surface area contributed by atoms with Gasteiger partial charge in [-0.05, 0) is 49.0 Å². The van der Waals surface area contributed by atoms with E-state index < -0.39 is 5.91 Å². The van der Waals surface area contributed by atoms with Crippen LogP contribution in [0.3, 0.4) is 0 Å². The number of nitrogens with one attached hydrogen (secondary N) is 2. The number of carbonyl (C=O) groups is 2. The van der Waals surface area contributed by atoms with Crippen LogP contribution in [0.25, 0.3) is 0 Å². The summed E-state index contributed by atoms with van der Waals surface area (Å²) in [4.78, 5) is 27.4. The number of nitrogens with zero attached hydrogens (tertiary/aromatic N) is 1. The standard InChI is InChI=1S/C25H25N3O3S/c1-3-31-22-16-10-8-14-20(22)23(29)27-25(32)26-21-15-9-7-13-19(21)24(30)28(2)17-18-11-5-4-6-12-18/h4-16H,3,17H2,1-2H3,(H2,26,27,29,32). The molecule has 0 saturated heterocycles. The second kappa shape index (κ2) is 11.1. The summed E-state index contributed by atoms with van der Waals surface area (Å²) in [7, 11) is 1.75. The average molecular weight is 448 g/mol. The van der Waals surface area contributed by atoms with Crippen LogP contribution in [0.1, 0.15) is 33.2 Å². The van der Waals surface area contributed by atoms with E-state index in [9.17, 15) is 9.59 Å². The third-order valence-electron chi connectivity index (χ3n) is 4.67. The van der Waals surface area contributed by atoms with E-state index in [2.05, 4.69) is 10.6 Å².